The van der Waals surface area contributed by atoms with Crippen LogP contribution in [0.1, 0.15) is 99.5 Å². The van der Waals surface area contributed by atoms with Crippen LogP contribution in [0, 0.1) is 29.6 Å². The minimum Gasteiger partial charge on any atom is -0.343 e. The van der Waals surface area contributed by atoms with Gasteiger partial charge in [0, 0.05) is 49.7 Å². The van der Waals surface area contributed by atoms with Crippen molar-refractivity contribution in [2.45, 2.75) is 93.6 Å². The smallest absolute Gasteiger partial charge is 0.343 e. The first-order valence-electron chi connectivity index (χ1n) is 34.1. The van der Waals surface area contributed by atoms with Gasteiger partial charge in [-0.1, -0.05) is 243 Å². The Morgan fingerprint density at radius 1 is 0.426 bits per heavy atom. The van der Waals surface area contributed by atoms with Crippen LogP contribution in [0.5, 0.6) is 0 Å². The van der Waals surface area contributed by atoms with Crippen molar-refractivity contribution in [3.63, 3.8) is 0 Å². The third-order valence-electron chi connectivity index (χ3n) is 21.6. The van der Waals surface area contributed by atoms with Gasteiger partial charge in [0.2, 0.25) is 0 Å². The summed E-state index contributed by atoms with van der Waals surface area (Å²) in [5.41, 5.74) is 14.9. The maximum absolute atomic E-state index is 14.1. The molecule has 101 heavy (non-hydrogen) atoms. The number of hydrogen-bond acceptors (Lipinski definition) is 4. The summed E-state index contributed by atoms with van der Waals surface area (Å²) in [6, 6.07) is 101. The van der Waals surface area contributed by atoms with Crippen LogP contribution in [-0.2, 0) is 48.9 Å². The summed E-state index contributed by atoms with van der Waals surface area (Å²) in [5.74, 6) is -1.89. The van der Waals surface area contributed by atoms with Crippen LogP contribution in [0.2, 0.25) is 0 Å². The van der Waals surface area contributed by atoms with Crippen molar-refractivity contribution < 1.29 is 43.0 Å². The van der Waals surface area contributed by atoms with E-state index in [0.29, 0.717) is 16.8 Å². The van der Waals surface area contributed by atoms with Crippen molar-refractivity contribution >= 4 is 43.6 Å². The molecule has 19 rings (SSSR count). The Kier molecular flexibility index (Phi) is 17.3. The molecule has 6 heterocycles. The van der Waals surface area contributed by atoms with Gasteiger partial charge in [-0.2, -0.15) is 13.2 Å². The number of pyridine rings is 3. The number of hydrogen-bond donors (Lipinski definition) is 0. The molecule has 0 saturated heterocycles. The topological polar surface area (TPSA) is 66.3 Å². The molecule has 13 heteroatoms. The summed E-state index contributed by atoms with van der Waals surface area (Å²) >= 11 is 0. The minimum atomic E-state index is -4.59. The largest absolute Gasteiger partial charge is 2.00 e. The Balaban J connectivity index is 0.000000123. The molecule has 502 valence electrons. The molecule has 4 fully saturated rings. The Morgan fingerprint density at radius 3 is 1.25 bits per heavy atom. The Labute approximate surface area is 598 Å². The average molecular weight is 1520 g/mol. The molecule has 6 aromatic heterocycles. The Morgan fingerprint density at radius 2 is 0.832 bits per heavy atom. The van der Waals surface area contributed by atoms with Crippen molar-refractivity contribution in [3.05, 3.63) is 343 Å². The van der Waals surface area contributed by atoms with E-state index in [-0.39, 0.29) is 54.4 Å². The monoisotopic (exact) mass is 1510 g/mol. The maximum atomic E-state index is 14.1. The molecule has 0 N–H and O–H groups in total. The molecule has 4 aliphatic carbocycles. The van der Waals surface area contributed by atoms with Crippen molar-refractivity contribution in [1.29, 1.82) is 0 Å². The number of rotatable bonds is 11. The zero-order valence-corrected chi connectivity index (χ0v) is 58.2. The molecule has 15 aromatic rings. The summed E-state index contributed by atoms with van der Waals surface area (Å²) in [7, 11) is 0. The zero-order chi connectivity index (χ0) is 68.4. The van der Waals surface area contributed by atoms with Gasteiger partial charge >= 0.3 is 27.2 Å². The normalized spacial score (nSPS) is 19.2. The van der Waals surface area contributed by atoms with E-state index in [1.807, 2.05) is 13.8 Å². The van der Waals surface area contributed by atoms with Crippen molar-refractivity contribution in [2.75, 3.05) is 0 Å². The van der Waals surface area contributed by atoms with Gasteiger partial charge in [0.25, 0.3) is 0 Å². The van der Waals surface area contributed by atoms with Gasteiger partial charge < -0.3 is 18.8 Å². The third kappa shape index (κ3) is 12.1. The molecule has 4 bridgehead atoms. The summed E-state index contributed by atoms with van der Waals surface area (Å²) in [6.45, 7) is 6.08. The predicted octanol–water partition coefficient (Wildman–Crippen LogP) is 22.1. The van der Waals surface area contributed by atoms with Crippen molar-refractivity contribution in [1.82, 2.24) is 33.9 Å². The van der Waals surface area contributed by atoms with Gasteiger partial charge in [-0.05, 0) is 168 Å². The van der Waals surface area contributed by atoms with E-state index in [1.54, 1.807) is 41.0 Å². The minimum absolute atomic E-state index is 0. The molecule has 0 unspecified atom stereocenters. The summed E-state index contributed by atoms with van der Waals surface area (Å²) in [5, 5.41) is 8.61. The first-order chi connectivity index (χ1) is 48.5. The van der Waals surface area contributed by atoms with E-state index in [2.05, 4.69) is 285 Å². The Hall–Kier alpha value is -10.4. The van der Waals surface area contributed by atoms with Gasteiger partial charge in [0.1, 0.15) is 11.9 Å². The quantitative estimate of drug-likeness (QED) is 0.0735. The zero-order valence-electron chi connectivity index (χ0n) is 55.9. The molecule has 0 radical (unpaired) electrons. The second-order valence-electron chi connectivity index (χ2n) is 28.1. The average Bonchev–Trinajstić information content (AvgIpc) is 1.44. The van der Waals surface area contributed by atoms with Gasteiger partial charge in [-0.3, -0.25) is 15.1 Å². The van der Waals surface area contributed by atoms with E-state index in [9.17, 15) is 22.0 Å². The second-order valence-corrected chi connectivity index (χ2v) is 28.1. The molecule has 4 saturated carbocycles. The first-order valence-corrected chi connectivity index (χ1v) is 34.1. The predicted molar refractivity (Wildman–Crippen MR) is 389 cm³/mol. The summed E-state index contributed by atoms with van der Waals surface area (Å²) in [6.07, 6.45) is 7.14. The molecule has 0 aliphatic heterocycles. The number of fused-ring (bicyclic) bond motifs is 6. The molecule has 4 aliphatic rings. The van der Waals surface area contributed by atoms with E-state index < -0.39 is 29.2 Å². The molecular formula is C88H70F5N7Pt. The van der Waals surface area contributed by atoms with E-state index in [4.69, 9.17) is 0 Å². The molecule has 7 nitrogen and oxygen atoms in total. The number of alkyl halides is 3. The summed E-state index contributed by atoms with van der Waals surface area (Å²) < 4.78 is 71.4. The van der Waals surface area contributed by atoms with Crippen LogP contribution in [-0.4, -0.2) is 33.9 Å². The van der Waals surface area contributed by atoms with Crippen molar-refractivity contribution in [2.24, 2.45) is 5.41 Å². The fraction of sp³-hybridized carbons (Fsp3) is 0.182. The fourth-order valence-electron chi connectivity index (χ4n) is 17.6. The first kappa shape index (κ1) is 66.5. The van der Waals surface area contributed by atoms with Gasteiger partial charge in [0.15, 0.2) is 0 Å². The molecule has 0 amide bonds. The van der Waals surface area contributed by atoms with Gasteiger partial charge in [0.05, 0.1) is 33.6 Å². The maximum Gasteiger partial charge on any atom is 2.00 e. The van der Waals surface area contributed by atoms with Crippen LogP contribution in [0.15, 0.2) is 285 Å². The van der Waals surface area contributed by atoms with E-state index in [0.717, 1.165) is 16.8 Å². The van der Waals surface area contributed by atoms with Crippen LogP contribution in [0.3, 0.4) is 0 Å². The molecular weight excluding hydrogens is 1450 g/mol. The van der Waals surface area contributed by atoms with Gasteiger partial charge in [-0.25, -0.2) is 8.78 Å². The standard InChI is InChI=1S/C36H24N2.C30H32.C22H14F5N5.Pt/c1-5-19-33-29(15-1)30-16-2-6-20-34(30)37(33)27-13-9-11-25(23-27)26-12-10-14-28(24-26)38-35-21-7-3-17-31(35)32-18-4-8-22-36(32)38;1-2-27-18-28(24-12-6-3-7-13-24)21-29(19-27,25-14-8-4-9-15-25)23-30(20-27,22-28)26-16-10-5-11-17-26;1-21(2,15-6-3-5-14(28-15)13-9-10-18(23)30-20(13)24)16-7-4-8-19(29-16)32-12-11-17(31-32)22(25,26)27;/h1-24H;3-17H,2,18-23H2,1H3;3-8,10-11H,1-2H3;/q;;-2;+2. The number of halogens is 5. The van der Waals surface area contributed by atoms with E-state index >= 15 is 0 Å². The van der Waals surface area contributed by atoms with Crippen LogP contribution in [0.25, 0.3) is 83.2 Å². The molecule has 9 aromatic carbocycles. The van der Waals surface area contributed by atoms with E-state index in [1.165, 1.54) is 123 Å². The summed E-state index contributed by atoms with van der Waals surface area (Å²) in [4.78, 5) is 12.1. The third-order valence-corrected chi connectivity index (χ3v) is 21.6. The number of aromatic nitrogens is 7. The molecule has 0 spiro atoms. The van der Waals surface area contributed by atoms with Crippen LogP contribution >= 0.6 is 0 Å². The number of benzene rings is 9. The van der Waals surface area contributed by atoms with Crippen molar-refractivity contribution in [3.8, 4) is 39.6 Å². The van der Waals surface area contributed by atoms with Crippen LogP contribution < -0.4 is 0 Å². The SMILES string of the molecule is CC(C)(c1cccc(-c2[c-]cc(F)nc2F)n1)c1cccc(-n2[c-]cc(C(F)(F)F)n2)n1.CCC12CC3(c4ccccc4)CC(c4ccccc4)(C1)CC(c1ccccc1)(C2)C3.[Pt+2].c1cc(-c2cccc(-n3c4ccccc4c4ccccc43)c2)cc(-n2c3ccccc3c3ccccc32)c1. The second kappa shape index (κ2) is 26.3. The van der Waals surface area contributed by atoms with Gasteiger partial charge in [-0.15, -0.1) is 12.1 Å². The molecule has 0 atom stereocenters. The van der Waals surface area contributed by atoms with Crippen LogP contribution in [0.4, 0.5) is 22.0 Å². The Bertz CT molecular complexity index is 5120. The fourth-order valence-corrected chi connectivity index (χ4v) is 17.6. The number of nitrogens with zero attached hydrogens (tertiary/aromatic N) is 7. The number of para-hydroxylation sites is 4.